The summed E-state index contributed by atoms with van der Waals surface area (Å²) in [7, 11) is 3.59. The summed E-state index contributed by atoms with van der Waals surface area (Å²) in [5, 5.41) is 3.12. The zero-order valence-corrected chi connectivity index (χ0v) is 15.1. The van der Waals surface area contributed by atoms with Crippen LogP contribution in [0.2, 0.25) is 0 Å². The first-order valence-corrected chi connectivity index (χ1v) is 8.55. The number of hydrogen-bond donors (Lipinski definition) is 1. The maximum Gasteiger partial charge on any atom is 0.417 e. The molecule has 0 radical (unpaired) electrons. The van der Waals surface area contributed by atoms with Crippen molar-refractivity contribution >= 4 is 5.96 Å². The molecule has 1 aliphatic rings. The molecule has 0 spiro atoms. The van der Waals surface area contributed by atoms with Gasteiger partial charge in [-0.1, -0.05) is 0 Å². The van der Waals surface area contributed by atoms with Crippen LogP contribution < -0.4 is 10.1 Å². The Hall–Kier alpha value is -2.03. The van der Waals surface area contributed by atoms with Crippen LogP contribution in [0.15, 0.2) is 23.3 Å². The number of likely N-dealkylation sites (N-methyl/N-ethyl adjacent to an activating group) is 1. The Morgan fingerprint density at radius 1 is 1.35 bits per heavy atom. The van der Waals surface area contributed by atoms with E-state index in [-0.39, 0.29) is 12.5 Å². The molecule has 0 aliphatic heterocycles. The largest absolute Gasteiger partial charge is 0.476 e. The van der Waals surface area contributed by atoms with E-state index in [1.807, 2.05) is 11.9 Å². The van der Waals surface area contributed by atoms with Crippen LogP contribution in [0, 0.1) is 5.92 Å². The van der Waals surface area contributed by atoms with Gasteiger partial charge in [-0.3, -0.25) is 4.99 Å². The molecule has 6 nitrogen and oxygen atoms in total. The SMILES string of the molecule is CN=C(NCCOc1ccc(C(F)(F)F)cn1)N(C)CCOCC1CC1. The molecule has 0 unspecified atom stereocenters. The summed E-state index contributed by atoms with van der Waals surface area (Å²) in [4.78, 5) is 9.78. The van der Waals surface area contributed by atoms with Gasteiger partial charge in [-0.15, -0.1) is 0 Å². The third kappa shape index (κ3) is 7.07. The molecule has 0 aromatic carbocycles. The van der Waals surface area contributed by atoms with Gasteiger partial charge in [-0.25, -0.2) is 4.98 Å². The second kappa shape index (κ2) is 9.61. The lowest BCUT2D eigenvalue weighted by molar-refractivity contribution is -0.137. The fourth-order valence-corrected chi connectivity index (χ4v) is 2.18. The lowest BCUT2D eigenvalue weighted by Crippen LogP contribution is -2.42. The summed E-state index contributed by atoms with van der Waals surface area (Å²) in [6.45, 7) is 2.88. The highest BCUT2D eigenvalue weighted by atomic mass is 19.4. The van der Waals surface area contributed by atoms with Crippen LogP contribution in [0.3, 0.4) is 0 Å². The average molecular weight is 374 g/mol. The molecule has 1 fully saturated rings. The van der Waals surface area contributed by atoms with E-state index in [0.29, 0.717) is 25.7 Å². The molecule has 0 saturated heterocycles. The van der Waals surface area contributed by atoms with E-state index in [0.717, 1.165) is 24.8 Å². The van der Waals surface area contributed by atoms with E-state index in [2.05, 4.69) is 15.3 Å². The van der Waals surface area contributed by atoms with Crippen molar-refractivity contribution in [1.29, 1.82) is 0 Å². The van der Waals surface area contributed by atoms with Gasteiger partial charge >= 0.3 is 6.18 Å². The topological polar surface area (TPSA) is 59.0 Å². The molecule has 26 heavy (non-hydrogen) atoms. The molecule has 0 bridgehead atoms. The molecular weight excluding hydrogens is 349 g/mol. The lowest BCUT2D eigenvalue weighted by Gasteiger charge is -2.22. The molecule has 1 saturated carbocycles. The van der Waals surface area contributed by atoms with Crippen LogP contribution in [-0.4, -0.2) is 62.8 Å². The normalized spacial score (nSPS) is 15.0. The van der Waals surface area contributed by atoms with Gasteiger partial charge in [0.1, 0.15) is 6.61 Å². The Labute approximate surface area is 151 Å². The molecule has 2 rings (SSSR count). The second-order valence-electron chi connectivity index (χ2n) is 6.15. The van der Waals surface area contributed by atoms with Crippen LogP contribution in [0.1, 0.15) is 18.4 Å². The van der Waals surface area contributed by atoms with Crippen LogP contribution in [0.5, 0.6) is 5.88 Å². The van der Waals surface area contributed by atoms with Crippen LogP contribution in [0.25, 0.3) is 0 Å². The van der Waals surface area contributed by atoms with E-state index in [9.17, 15) is 13.2 Å². The maximum atomic E-state index is 12.5. The zero-order chi connectivity index (χ0) is 19.0. The van der Waals surface area contributed by atoms with E-state index >= 15 is 0 Å². The van der Waals surface area contributed by atoms with Gasteiger partial charge in [0.25, 0.3) is 0 Å². The van der Waals surface area contributed by atoms with Crippen molar-refractivity contribution in [1.82, 2.24) is 15.2 Å². The Kier molecular flexibility index (Phi) is 7.50. The highest BCUT2D eigenvalue weighted by Crippen LogP contribution is 2.29. The first-order valence-electron chi connectivity index (χ1n) is 8.55. The van der Waals surface area contributed by atoms with E-state index in [1.165, 1.54) is 18.9 Å². The third-order valence-corrected chi connectivity index (χ3v) is 3.89. The number of rotatable bonds is 9. The van der Waals surface area contributed by atoms with Crippen molar-refractivity contribution in [2.45, 2.75) is 19.0 Å². The van der Waals surface area contributed by atoms with Gasteiger partial charge in [0, 0.05) is 39.5 Å². The minimum absolute atomic E-state index is 0.150. The molecule has 1 heterocycles. The number of nitrogens with one attached hydrogen (secondary N) is 1. The Balaban J connectivity index is 1.63. The number of nitrogens with zero attached hydrogens (tertiary/aromatic N) is 3. The number of aromatic nitrogens is 1. The summed E-state index contributed by atoms with van der Waals surface area (Å²) in [6.07, 6.45) is -1.09. The standard InChI is InChI=1S/C17H25F3N4O2/c1-21-16(24(2)8-10-25-12-13-3-4-13)22-7-9-26-15-6-5-14(11-23-15)17(18,19)20/h5-6,11,13H,3-4,7-10,12H2,1-2H3,(H,21,22). The summed E-state index contributed by atoms with van der Waals surface area (Å²) in [6, 6.07) is 2.16. The van der Waals surface area contributed by atoms with Crippen molar-refractivity contribution in [2.75, 3.05) is 47.0 Å². The van der Waals surface area contributed by atoms with Crippen molar-refractivity contribution in [2.24, 2.45) is 10.9 Å². The average Bonchev–Trinajstić information content (AvgIpc) is 3.42. The van der Waals surface area contributed by atoms with Gasteiger partial charge in [0.2, 0.25) is 5.88 Å². The van der Waals surface area contributed by atoms with Gasteiger partial charge in [-0.2, -0.15) is 13.2 Å². The first-order chi connectivity index (χ1) is 12.4. The predicted octanol–water partition coefficient (Wildman–Crippen LogP) is 2.41. The van der Waals surface area contributed by atoms with Gasteiger partial charge < -0.3 is 19.7 Å². The molecule has 1 aliphatic carbocycles. The monoisotopic (exact) mass is 374 g/mol. The van der Waals surface area contributed by atoms with Crippen LogP contribution >= 0.6 is 0 Å². The maximum absolute atomic E-state index is 12.5. The van der Waals surface area contributed by atoms with Gasteiger partial charge in [0.05, 0.1) is 18.7 Å². The minimum atomic E-state index is -4.40. The molecule has 9 heteroatoms. The quantitative estimate of drug-likeness (QED) is 0.409. The Morgan fingerprint density at radius 2 is 2.12 bits per heavy atom. The van der Waals surface area contributed by atoms with E-state index < -0.39 is 11.7 Å². The number of alkyl halides is 3. The molecule has 1 aromatic rings. The predicted molar refractivity (Wildman–Crippen MR) is 92.3 cm³/mol. The highest BCUT2D eigenvalue weighted by Gasteiger charge is 2.30. The Morgan fingerprint density at radius 3 is 2.69 bits per heavy atom. The van der Waals surface area contributed by atoms with E-state index in [1.54, 1.807) is 7.05 Å². The van der Waals surface area contributed by atoms with Gasteiger partial charge in [0.15, 0.2) is 5.96 Å². The second-order valence-corrected chi connectivity index (χ2v) is 6.15. The van der Waals surface area contributed by atoms with E-state index in [4.69, 9.17) is 9.47 Å². The van der Waals surface area contributed by atoms with Crippen LogP contribution in [0.4, 0.5) is 13.2 Å². The summed E-state index contributed by atoms with van der Waals surface area (Å²) >= 11 is 0. The van der Waals surface area contributed by atoms with Crippen molar-refractivity contribution < 1.29 is 22.6 Å². The lowest BCUT2D eigenvalue weighted by atomic mass is 10.3. The fraction of sp³-hybridized carbons (Fsp3) is 0.647. The summed E-state index contributed by atoms with van der Waals surface area (Å²) in [5.74, 6) is 1.59. The van der Waals surface area contributed by atoms with Crippen molar-refractivity contribution in [3.05, 3.63) is 23.9 Å². The molecule has 1 aromatic heterocycles. The number of pyridine rings is 1. The number of hydrogen-bond acceptors (Lipinski definition) is 4. The minimum Gasteiger partial charge on any atom is -0.476 e. The van der Waals surface area contributed by atoms with Crippen molar-refractivity contribution in [3.8, 4) is 5.88 Å². The molecule has 0 atom stereocenters. The fourth-order valence-electron chi connectivity index (χ4n) is 2.18. The van der Waals surface area contributed by atoms with Crippen LogP contribution in [-0.2, 0) is 10.9 Å². The Bertz CT molecular complexity index is 574. The summed E-state index contributed by atoms with van der Waals surface area (Å²) < 4.78 is 48.3. The number of ether oxygens (including phenoxy) is 2. The smallest absolute Gasteiger partial charge is 0.417 e. The number of halogens is 3. The summed E-state index contributed by atoms with van der Waals surface area (Å²) in [5.41, 5.74) is -0.797. The highest BCUT2D eigenvalue weighted by molar-refractivity contribution is 5.79. The number of guanidine groups is 1. The van der Waals surface area contributed by atoms with Gasteiger partial charge in [-0.05, 0) is 24.8 Å². The molecule has 0 amide bonds. The molecule has 146 valence electrons. The number of aliphatic imine (C=N–C) groups is 1. The molecular formula is C17H25F3N4O2. The first kappa shape index (κ1) is 20.3. The van der Waals surface area contributed by atoms with Crippen molar-refractivity contribution in [3.63, 3.8) is 0 Å². The molecule has 1 N–H and O–H groups in total. The third-order valence-electron chi connectivity index (χ3n) is 3.89. The zero-order valence-electron chi connectivity index (χ0n) is 15.1.